The van der Waals surface area contributed by atoms with Crippen LogP contribution in [0.2, 0.25) is 0 Å². The number of fused-ring (bicyclic) bond motifs is 2. The van der Waals surface area contributed by atoms with Crippen LogP contribution in [0.1, 0.15) is 22.0 Å². The molecule has 1 aliphatic rings. The van der Waals surface area contributed by atoms with Crippen molar-refractivity contribution in [2.45, 2.75) is 19.1 Å². The molecule has 3 heterocycles. The number of nitrogens with zero attached hydrogens (tertiary/aromatic N) is 4. The third-order valence-corrected chi connectivity index (χ3v) is 6.33. The van der Waals surface area contributed by atoms with Gasteiger partial charge in [-0.15, -0.1) is 11.3 Å². The molecule has 5 rings (SSSR count). The SMILES string of the molecule is O=[N+]([O-])c1ccc2cnn(CN3CCc4sccc4C3c3ccccc3)c2c1. The lowest BCUT2D eigenvalue weighted by Gasteiger charge is -2.36. The Labute approximate surface area is 165 Å². The maximum Gasteiger partial charge on any atom is 0.271 e. The molecule has 0 aliphatic carbocycles. The lowest BCUT2D eigenvalue weighted by molar-refractivity contribution is -0.384. The lowest BCUT2D eigenvalue weighted by atomic mass is 9.94. The van der Waals surface area contributed by atoms with Crippen LogP contribution in [-0.2, 0) is 13.1 Å². The summed E-state index contributed by atoms with van der Waals surface area (Å²) >= 11 is 1.82. The van der Waals surface area contributed by atoms with E-state index in [-0.39, 0.29) is 16.7 Å². The molecule has 140 valence electrons. The third-order valence-electron chi connectivity index (χ3n) is 5.34. The van der Waals surface area contributed by atoms with Crippen molar-refractivity contribution in [3.05, 3.63) is 92.3 Å². The maximum absolute atomic E-state index is 11.2. The van der Waals surface area contributed by atoms with Gasteiger partial charge in [-0.25, -0.2) is 0 Å². The summed E-state index contributed by atoms with van der Waals surface area (Å²) < 4.78 is 1.87. The summed E-state index contributed by atoms with van der Waals surface area (Å²) in [5.41, 5.74) is 3.49. The van der Waals surface area contributed by atoms with Crippen molar-refractivity contribution < 1.29 is 4.92 Å². The Bertz CT molecular complexity index is 1150. The van der Waals surface area contributed by atoms with Gasteiger partial charge >= 0.3 is 0 Å². The second-order valence-corrected chi connectivity index (χ2v) is 7.96. The van der Waals surface area contributed by atoms with Crippen molar-refractivity contribution in [3.8, 4) is 0 Å². The zero-order valence-electron chi connectivity index (χ0n) is 15.1. The summed E-state index contributed by atoms with van der Waals surface area (Å²) in [6.45, 7) is 1.50. The van der Waals surface area contributed by atoms with Gasteiger partial charge in [0.1, 0.15) is 0 Å². The second-order valence-electron chi connectivity index (χ2n) is 6.96. The summed E-state index contributed by atoms with van der Waals surface area (Å²) in [5, 5.41) is 18.8. The molecule has 2 aromatic carbocycles. The highest BCUT2D eigenvalue weighted by atomic mass is 32.1. The van der Waals surface area contributed by atoms with Gasteiger partial charge in [0.2, 0.25) is 0 Å². The van der Waals surface area contributed by atoms with Crippen LogP contribution < -0.4 is 0 Å². The number of nitro benzene ring substituents is 1. The minimum Gasteiger partial charge on any atom is -0.273 e. The van der Waals surface area contributed by atoms with E-state index in [1.54, 1.807) is 18.3 Å². The fourth-order valence-electron chi connectivity index (χ4n) is 4.00. The normalized spacial score (nSPS) is 16.9. The molecular formula is C21H18N4O2S. The molecule has 1 atom stereocenters. The smallest absolute Gasteiger partial charge is 0.271 e. The Morgan fingerprint density at radius 2 is 2.04 bits per heavy atom. The lowest BCUT2D eigenvalue weighted by Crippen LogP contribution is -2.37. The van der Waals surface area contributed by atoms with Crippen LogP contribution in [0.15, 0.2) is 66.2 Å². The monoisotopic (exact) mass is 390 g/mol. The van der Waals surface area contributed by atoms with Crippen molar-refractivity contribution in [1.82, 2.24) is 14.7 Å². The van der Waals surface area contributed by atoms with E-state index in [1.807, 2.05) is 22.1 Å². The predicted molar refractivity (Wildman–Crippen MR) is 109 cm³/mol. The van der Waals surface area contributed by atoms with Crippen molar-refractivity contribution >= 4 is 27.9 Å². The van der Waals surface area contributed by atoms with E-state index in [1.165, 1.54) is 22.1 Å². The van der Waals surface area contributed by atoms with Crippen molar-refractivity contribution in [2.75, 3.05) is 6.54 Å². The third kappa shape index (κ3) is 2.89. The van der Waals surface area contributed by atoms with E-state index >= 15 is 0 Å². The topological polar surface area (TPSA) is 64.2 Å². The molecule has 28 heavy (non-hydrogen) atoms. The van der Waals surface area contributed by atoms with E-state index < -0.39 is 0 Å². The van der Waals surface area contributed by atoms with Crippen LogP contribution in [-0.4, -0.2) is 26.1 Å². The number of aromatic nitrogens is 2. The Morgan fingerprint density at radius 3 is 2.86 bits per heavy atom. The van der Waals surface area contributed by atoms with E-state index in [9.17, 15) is 10.1 Å². The molecule has 0 amide bonds. The minimum atomic E-state index is -0.359. The van der Waals surface area contributed by atoms with Crippen LogP contribution in [0, 0.1) is 10.1 Å². The largest absolute Gasteiger partial charge is 0.273 e. The second kappa shape index (κ2) is 6.85. The number of thiophene rings is 1. The number of nitro groups is 1. The van der Waals surface area contributed by atoms with Crippen molar-refractivity contribution in [1.29, 1.82) is 0 Å². The zero-order valence-corrected chi connectivity index (χ0v) is 15.9. The van der Waals surface area contributed by atoms with E-state index in [0.29, 0.717) is 6.67 Å². The molecule has 1 aliphatic heterocycles. The molecule has 2 aromatic heterocycles. The standard InChI is InChI=1S/C21H18N4O2S/c26-25(27)17-7-6-16-13-22-24(19(16)12-17)14-23-10-8-20-18(9-11-28-20)21(23)15-4-2-1-3-5-15/h1-7,9,11-13,21H,8,10,14H2. The molecule has 4 aromatic rings. The van der Waals surface area contributed by atoms with Gasteiger partial charge in [-0.2, -0.15) is 5.10 Å². The first-order valence-electron chi connectivity index (χ1n) is 9.16. The van der Waals surface area contributed by atoms with Crippen molar-refractivity contribution in [3.63, 3.8) is 0 Å². The van der Waals surface area contributed by atoms with E-state index in [2.05, 4.69) is 45.7 Å². The average Bonchev–Trinajstić information content (AvgIpc) is 3.35. The molecule has 0 radical (unpaired) electrons. The molecule has 6 nitrogen and oxygen atoms in total. The van der Waals surface area contributed by atoms with Gasteiger partial charge in [0, 0.05) is 28.9 Å². The highest BCUT2D eigenvalue weighted by molar-refractivity contribution is 7.10. The summed E-state index contributed by atoms with van der Waals surface area (Å²) in [6.07, 6.45) is 2.78. The molecular weight excluding hydrogens is 372 g/mol. The zero-order chi connectivity index (χ0) is 19.1. The summed E-state index contributed by atoms with van der Waals surface area (Å²) in [6, 6.07) is 17.8. The van der Waals surface area contributed by atoms with Crippen LogP contribution in [0.3, 0.4) is 0 Å². The van der Waals surface area contributed by atoms with Gasteiger partial charge in [-0.1, -0.05) is 30.3 Å². The summed E-state index contributed by atoms with van der Waals surface area (Å²) in [5.74, 6) is 0. The number of benzene rings is 2. The first-order chi connectivity index (χ1) is 13.7. The molecule has 0 saturated heterocycles. The molecule has 0 spiro atoms. The van der Waals surface area contributed by atoms with Gasteiger partial charge in [-0.3, -0.25) is 19.7 Å². The van der Waals surface area contributed by atoms with E-state index in [4.69, 9.17) is 0 Å². The number of hydrogen-bond donors (Lipinski definition) is 0. The number of hydrogen-bond acceptors (Lipinski definition) is 5. The highest BCUT2D eigenvalue weighted by Crippen LogP contribution is 2.38. The highest BCUT2D eigenvalue weighted by Gasteiger charge is 2.30. The minimum absolute atomic E-state index is 0.0904. The van der Waals surface area contributed by atoms with Crippen LogP contribution in [0.4, 0.5) is 5.69 Å². The van der Waals surface area contributed by atoms with Crippen LogP contribution in [0.5, 0.6) is 0 Å². The Morgan fingerprint density at radius 1 is 1.18 bits per heavy atom. The van der Waals surface area contributed by atoms with Crippen molar-refractivity contribution in [2.24, 2.45) is 0 Å². The van der Waals surface area contributed by atoms with Gasteiger partial charge in [0.05, 0.1) is 29.3 Å². The average molecular weight is 390 g/mol. The Balaban J connectivity index is 1.55. The van der Waals surface area contributed by atoms with Crippen LogP contribution >= 0.6 is 11.3 Å². The van der Waals surface area contributed by atoms with Gasteiger partial charge < -0.3 is 0 Å². The molecule has 0 N–H and O–H groups in total. The molecule has 0 saturated carbocycles. The molecule has 7 heteroatoms. The first-order valence-corrected chi connectivity index (χ1v) is 10.0. The predicted octanol–water partition coefficient (Wildman–Crippen LogP) is 4.61. The fraction of sp³-hybridized carbons (Fsp3) is 0.190. The number of non-ortho nitro benzene ring substituents is 1. The van der Waals surface area contributed by atoms with E-state index in [0.717, 1.165) is 23.9 Å². The first kappa shape index (κ1) is 17.1. The summed E-state index contributed by atoms with van der Waals surface area (Å²) in [7, 11) is 0. The number of rotatable bonds is 4. The van der Waals surface area contributed by atoms with Gasteiger partial charge in [0.25, 0.3) is 5.69 Å². The molecule has 1 unspecified atom stereocenters. The fourth-order valence-corrected chi connectivity index (χ4v) is 4.91. The van der Waals surface area contributed by atoms with Crippen LogP contribution in [0.25, 0.3) is 10.9 Å². The summed E-state index contributed by atoms with van der Waals surface area (Å²) in [4.78, 5) is 14.7. The molecule has 0 bridgehead atoms. The van der Waals surface area contributed by atoms with Gasteiger partial charge in [-0.05, 0) is 35.1 Å². The Hall–Kier alpha value is -3.03. The quantitative estimate of drug-likeness (QED) is 0.377. The Kier molecular flexibility index (Phi) is 4.18. The molecule has 0 fully saturated rings. The maximum atomic E-state index is 11.2. The van der Waals surface area contributed by atoms with Gasteiger partial charge in [0.15, 0.2) is 0 Å².